The van der Waals surface area contributed by atoms with Crippen LogP contribution in [0.25, 0.3) is 0 Å². The predicted octanol–water partition coefficient (Wildman–Crippen LogP) is 1.69. The number of piperidine rings is 1. The van der Waals surface area contributed by atoms with E-state index < -0.39 is 0 Å². The van der Waals surface area contributed by atoms with Crippen LogP contribution >= 0.6 is 0 Å². The van der Waals surface area contributed by atoms with Gasteiger partial charge in [0.2, 0.25) is 5.95 Å². The number of aromatic amines is 1. The normalized spacial score (nSPS) is 19.4. The zero-order valence-electron chi connectivity index (χ0n) is 15.4. The van der Waals surface area contributed by atoms with Crippen molar-refractivity contribution in [1.82, 2.24) is 20.3 Å². The van der Waals surface area contributed by atoms with Gasteiger partial charge in [-0.2, -0.15) is 0 Å². The molecular weight excluding hydrogens is 342 g/mol. The molecule has 0 radical (unpaired) electrons. The third-order valence-corrected chi connectivity index (χ3v) is 5.49. The van der Waals surface area contributed by atoms with E-state index in [1.165, 1.54) is 0 Å². The molecule has 4 rings (SSSR count). The molecule has 0 saturated carbocycles. The summed E-state index contributed by atoms with van der Waals surface area (Å²) in [6.07, 6.45) is 9.61. The largest absolute Gasteiger partial charge is 0.352 e. The third-order valence-electron chi connectivity index (χ3n) is 5.49. The van der Waals surface area contributed by atoms with Gasteiger partial charge >= 0.3 is 0 Å². The molecule has 27 heavy (non-hydrogen) atoms. The number of nitrogens with zero attached hydrogens (tertiary/aromatic N) is 3. The number of fused-ring (bicyclic) bond motifs is 1. The Morgan fingerprint density at radius 2 is 2.04 bits per heavy atom. The van der Waals surface area contributed by atoms with E-state index >= 15 is 0 Å². The minimum atomic E-state index is -0.281. The molecule has 1 atom stereocenters. The number of aromatic nitrogens is 3. The molecule has 1 aliphatic heterocycles. The summed E-state index contributed by atoms with van der Waals surface area (Å²) in [7, 11) is 0. The number of carbonyl (C=O) groups is 1. The number of nitrogens with one attached hydrogen (secondary N) is 2. The lowest BCUT2D eigenvalue weighted by Gasteiger charge is -2.32. The fourth-order valence-electron chi connectivity index (χ4n) is 4.04. The van der Waals surface area contributed by atoms with Gasteiger partial charge in [-0.15, -0.1) is 0 Å². The monoisotopic (exact) mass is 367 g/mol. The second-order valence-electron chi connectivity index (χ2n) is 7.44. The number of aryl methyl sites for hydroxylation is 2. The third kappa shape index (κ3) is 4.02. The molecule has 3 heterocycles. The maximum Gasteiger partial charge on any atom is 0.261 e. The molecule has 2 aromatic rings. The summed E-state index contributed by atoms with van der Waals surface area (Å²) in [6, 6.07) is 3.59. The summed E-state index contributed by atoms with van der Waals surface area (Å²) in [5, 5.41) is 2.96. The van der Waals surface area contributed by atoms with E-state index in [4.69, 9.17) is 0 Å². The van der Waals surface area contributed by atoms with Gasteiger partial charge in [-0.05, 0) is 62.1 Å². The summed E-state index contributed by atoms with van der Waals surface area (Å²) in [4.78, 5) is 38.5. The number of carbonyl (C=O) groups excluding carboxylic acids is 1. The van der Waals surface area contributed by atoms with Crippen LogP contribution in [0.4, 0.5) is 5.95 Å². The molecule has 7 nitrogen and oxygen atoms in total. The number of pyridine rings is 1. The Balaban J connectivity index is 1.38. The average Bonchev–Trinajstić information content (AvgIpc) is 2.72. The maximum atomic E-state index is 12.6. The first-order chi connectivity index (χ1) is 13.2. The highest BCUT2D eigenvalue weighted by Crippen LogP contribution is 2.20. The molecular formula is C20H25N5O2. The van der Waals surface area contributed by atoms with Crippen LogP contribution in [0.15, 0.2) is 29.3 Å². The zero-order valence-corrected chi connectivity index (χ0v) is 15.4. The van der Waals surface area contributed by atoms with E-state index in [2.05, 4.69) is 25.2 Å². The van der Waals surface area contributed by atoms with Gasteiger partial charge in [-0.3, -0.25) is 9.59 Å². The second-order valence-corrected chi connectivity index (χ2v) is 7.44. The molecule has 7 heteroatoms. The molecule has 2 aromatic heterocycles. The van der Waals surface area contributed by atoms with Crippen LogP contribution in [0.3, 0.4) is 0 Å². The van der Waals surface area contributed by atoms with Gasteiger partial charge in [0, 0.05) is 37.7 Å². The fourth-order valence-corrected chi connectivity index (χ4v) is 4.04. The first-order valence-electron chi connectivity index (χ1n) is 9.76. The number of hydrogen-bond acceptors (Lipinski definition) is 5. The molecule has 0 spiro atoms. The van der Waals surface area contributed by atoms with E-state index in [1.54, 1.807) is 24.5 Å². The molecule has 0 bridgehead atoms. The Kier molecular flexibility index (Phi) is 5.18. The molecule has 2 N–H and O–H groups in total. The number of H-pyrrole nitrogens is 1. The van der Waals surface area contributed by atoms with Crippen LogP contribution in [0.5, 0.6) is 0 Å². The lowest BCUT2D eigenvalue weighted by atomic mass is 9.94. The summed E-state index contributed by atoms with van der Waals surface area (Å²) < 4.78 is 0. The minimum Gasteiger partial charge on any atom is -0.352 e. The first kappa shape index (κ1) is 17.7. The summed E-state index contributed by atoms with van der Waals surface area (Å²) >= 11 is 0. The molecule has 0 aromatic carbocycles. The Morgan fingerprint density at radius 3 is 2.89 bits per heavy atom. The van der Waals surface area contributed by atoms with Crippen LogP contribution in [-0.2, 0) is 12.8 Å². The molecule has 1 saturated heterocycles. The van der Waals surface area contributed by atoms with Crippen LogP contribution in [0, 0.1) is 5.92 Å². The Morgan fingerprint density at radius 1 is 1.22 bits per heavy atom. The van der Waals surface area contributed by atoms with Crippen molar-refractivity contribution in [2.24, 2.45) is 5.92 Å². The Hall–Kier alpha value is -2.70. The quantitative estimate of drug-likeness (QED) is 0.858. The van der Waals surface area contributed by atoms with Crippen LogP contribution in [0.1, 0.15) is 47.3 Å². The molecule has 1 aliphatic carbocycles. The van der Waals surface area contributed by atoms with E-state index in [0.717, 1.165) is 68.8 Å². The van der Waals surface area contributed by atoms with Gasteiger partial charge in [0.25, 0.3) is 11.5 Å². The zero-order chi connectivity index (χ0) is 18.6. The van der Waals surface area contributed by atoms with E-state index in [-0.39, 0.29) is 17.0 Å². The SMILES string of the molecule is O=C(NC[C@H]1CCCN(c2ncccn2)C1)c1cc2c([nH]c1=O)CCCC2. The lowest BCUT2D eigenvalue weighted by molar-refractivity contribution is 0.0944. The number of amides is 1. The van der Waals surface area contributed by atoms with Gasteiger partial charge in [-0.25, -0.2) is 9.97 Å². The summed E-state index contributed by atoms with van der Waals surface area (Å²) in [5.41, 5.74) is 2.05. The van der Waals surface area contributed by atoms with Crippen molar-refractivity contribution in [1.29, 1.82) is 0 Å². The van der Waals surface area contributed by atoms with E-state index in [1.807, 2.05) is 0 Å². The highest BCUT2D eigenvalue weighted by Gasteiger charge is 2.23. The van der Waals surface area contributed by atoms with Crippen LogP contribution in [-0.4, -0.2) is 40.5 Å². The van der Waals surface area contributed by atoms with Crippen LogP contribution < -0.4 is 15.8 Å². The predicted molar refractivity (Wildman–Crippen MR) is 103 cm³/mol. The average molecular weight is 367 g/mol. The smallest absolute Gasteiger partial charge is 0.261 e. The van der Waals surface area contributed by atoms with Gasteiger partial charge in [0.05, 0.1) is 0 Å². The van der Waals surface area contributed by atoms with E-state index in [0.29, 0.717) is 12.5 Å². The Bertz CT molecular complexity index is 864. The molecule has 1 fully saturated rings. The highest BCUT2D eigenvalue weighted by molar-refractivity contribution is 5.94. The van der Waals surface area contributed by atoms with Crippen molar-refractivity contribution in [3.8, 4) is 0 Å². The van der Waals surface area contributed by atoms with Crippen molar-refractivity contribution in [3.63, 3.8) is 0 Å². The summed E-state index contributed by atoms with van der Waals surface area (Å²) in [6.45, 7) is 2.29. The van der Waals surface area contributed by atoms with E-state index in [9.17, 15) is 9.59 Å². The van der Waals surface area contributed by atoms with Gasteiger partial charge < -0.3 is 15.2 Å². The molecule has 1 amide bonds. The topological polar surface area (TPSA) is 91.0 Å². The number of rotatable bonds is 4. The second kappa shape index (κ2) is 7.90. The molecule has 2 aliphatic rings. The first-order valence-corrected chi connectivity index (χ1v) is 9.76. The van der Waals surface area contributed by atoms with Crippen molar-refractivity contribution in [3.05, 3.63) is 51.7 Å². The van der Waals surface area contributed by atoms with Crippen molar-refractivity contribution < 1.29 is 4.79 Å². The molecule has 0 unspecified atom stereocenters. The minimum absolute atomic E-state index is 0.231. The lowest BCUT2D eigenvalue weighted by Crippen LogP contribution is -2.42. The van der Waals surface area contributed by atoms with Crippen LogP contribution in [0.2, 0.25) is 0 Å². The van der Waals surface area contributed by atoms with Gasteiger partial charge in [0.15, 0.2) is 0 Å². The van der Waals surface area contributed by atoms with Gasteiger partial charge in [-0.1, -0.05) is 0 Å². The van der Waals surface area contributed by atoms with Gasteiger partial charge in [0.1, 0.15) is 5.56 Å². The maximum absolute atomic E-state index is 12.6. The highest BCUT2D eigenvalue weighted by atomic mass is 16.2. The van der Waals surface area contributed by atoms with Crippen molar-refractivity contribution in [2.45, 2.75) is 38.5 Å². The van der Waals surface area contributed by atoms with Crippen molar-refractivity contribution in [2.75, 3.05) is 24.5 Å². The molecule has 142 valence electrons. The number of hydrogen-bond donors (Lipinski definition) is 2. The fraction of sp³-hybridized carbons (Fsp3) is 0.500. The Labute approximate surface area is 158 Å². The summed E-state index contributed by atoms with van der Waals surface area (Å²) in [5.74, 6) is 0.778. The van der Waals surface area contributed by atoms with Crippen molar-refractivity contribution >= 4 is 11.9 Å². The standard InChI is InChI=1S/C20H25N5O2/c26-18(16-11-15-6-1-2-7-17(15)24-19(16)27)23-12-14-5-3-10-25(13-14)20-21-8-4-9-22-20/h4,8-9,11,14H,1-3,5-7,10,12-13H2,(H,23,26)(H,24,27)/t14-/m1/s1. The number of anilines is 1.